The van der Waals surface area contributed by atoms with Crippen LogP contribution in [-0.4, -0.2) is 63.6 Å². The quantitative estimate of drug-likeness (QED) is 0.705. The molecule has 7 nitrogen and oxygen atoms in total. The van der Waals surface area contributed by atoms with E-state index in [4.69, 9.17) is 9.47 Å². The Balaban J connectivity index is 1.66. The van der Waals surface area contributed by atoms with Crippen LogP contribution >= 0.6 is 0 Å². The number of ether oxygens (including phenoxy) is 2. The van der Waals surface area contributed by atoms with E-state index >= 15 is 0 Å². The van der Waals surface area contributed by atoms with Crippen LogP contribution in [0.2, 0.25) is 0 Å². The van der Waals surface area contributed by atoms with Gasteiger partial charge >= 0.3 is 0 Å². The Bertz CT molecular complexity index is 1090. The van der Waals surface area contributed by atoms with Gasteiger partial charge < -0.3 is 14.4 Å². The van der Waals surface area contributed by atoms with Crippen LogP contribution < -0.4 is 14.4 Å². The third-order valence-electron chi connectivity index (χ3n) is 6.02. The topological polar surface area (TPSA) is 76.2 Å². The number of sulfone groups is 1. The summed E-state index contributed by atoms with van der Waals surface area (Å²) in [6, 6.07) is 10.9. The largest absolute Gasteiger partial charge is 0.493 e. The molecular weight excluding hydrogens is 416 g/mol. The first-order valence-corrected chi connectivity index (χ1v) is 12.1. The molecule has 0 aliphatic carbocycles. The van der Waals surface area contributed by atoms with Gasteiger partial charge in [0.25, 0.3) is 0 Å². The van der Waals surface area contributed by atoms with E-state index in [1.165, 1.54) is 0 Å². The van der Waals surface area contributed by atoms with Crippen LogP contribution in [0.4, 0.5) is 5.69 Å². The lowest BCUT2D eigenvalue weighted by Gasteiger charge is -2.43. The molecule has 0 radical (unpaired) electrons. The number of carbonyl (C=O) groups excluding carboxylic acids is 1. The maximum absolute atomic E-state index is 13.2. The number of carbonyl (C=O) groups is 1. The van der Waals surface area contributed by atoms with Crippen molar-refractivity contribution in [3.05, 3.63) is 53.1 Å². The van der Waals surface area contributed by atoms with Crippen molar-refractivity contribution in [2.24, 2.45) is 0 Å². The molecular formula is C23H28N2O5S. The van der Waals surface area contributed by atoms with Gasteiger partial charge in [0.15, 0.2) is 21.3 Å². The smallest absolute Gasteiger partial charge is 0.241 e. The van der Waals surface area contributed by atoms with Crippen molar-refractivity contribution in [2.75, 3.05) is 37.2 Å². The van der Waals surface area contributed by atoms with Gasteiger partial charge in [-0.05, 0) is 54.8 Å². The van der Waals surface area contributed by atoms with Gasteiger partial charge in [0.1, 0.15) is 0 Å². The van der Waals surface area contributed by atoms with Gasteiger partial charge in [0.05, 0.1) is 38.3 Å². The summed E-state index contributed by atoms with van der Waals surface area (Å²) >= 11 is 0. The number of hydrogen-bond acceptors (Lipinski definition) is 6. The summed E-state index contributed by atoms with van der Waals surface area (Å²) < 4.78 is 35.9. The minimum absolute atomic E-state index is 0.0150. The van der Waals surface area contributed by atoms with Crippen molar-refractivity contribution in [1.29, 1.82) is 0 Å². The van der Waals surface area contributed by atoms with Crippen molar-refractivity contribution in [3.8, 4) is 11.5 Å². The third kappa shape index (κ3) is 4.27. The molecule has 31 heavy (non-hydrogen) atoms. The zero-order valence-corrected chi connectivity index (χ0v) is 19.1. The Morgan fingerprint density at radius 2 is 1.58 bits per heavy atom. The minimum Gasteiger partial charge on any atom is -0.493 e. The molecule has 0 N–H and O–H groups in total. The van der Waals surface area contributed by atoms with Crippen LogP contribution in [0.3, 0.4) is 0 Å². The first-order valence-electron chi connectivity index (χ1n) is 10.3. The number of rotatable bonds is 5. The SMILES string of the molecule is COc1ccc(CN2CC(=O)N(c3cc(C)cc(C)c3)C3CS(=O)(=O)CC32)cc1OC. The Kier molecular flexibility index (Phi) is 5.70. The number of amides is 1. The van der Waals surface area contributed by atoms with E-state index in [1.54, 1.807) is 19.1 Å². The molecule has 2 heterocycles. The van der Waals surface area contributed by atoms with Gasteiger partial charge in [-0.3, -0.25) is 9.69 Å². The van der Waals surface area contributed by atoms with Gasteiger partial charge in [0, 0.05) is 18.3 Å². The fourth-order valence-corrected chi connectivity index (χ4v) is 6.75. The number of methoxy groups -OCH3 is 2. The Labute approximate surface area is 183 Å². The first kappa shape index (κ1) is 21.6. The highest BCUT2D eigenvalue weighted by molar-refractivity contribution is 7.91. The van der Waals surface area contributed by atoms with Crippen LogP contribution in [-0.2, 0) is 21.2 Å². The highest BCUT2D eigenvalue weighted by Crippen LogP contribution is 2.34. The predicted molar refractivity (Wildman–Crippen MR) is 120 cm³/mol. The molecule has 2 unspecified atom stereocenters. The van der Waals surface area contributed by atoms with E-state index in [2.05, 4.69) is 0 Å². The second-order valence-electron chi connectivity index (χ2n) is 8.42. The van der Waals surface area contributed by atoms with Gasteiger partial charge in [-0.25, -0.2) is 8.42 Å². The van der Waals surface area contributed by atoms with Crippen LogP contribution in [0.1, 0.15) is 16.7 Å². The van der Waals surface area contributed by atoms with Crippen molar-refractivity contribution in [3.63, 3.8) is 0 Å². The maximum atomic E-state index is 13.2. The molecule has 2 aliphatic heterocycles. The van der Waals surface area contributed by atoms with Crippen molar-refractivity contribution >= 4 is 21.4 Å². The first-order chi connectivity index (χ1) is 14.7. The lowest BCUT2D eigenvalue weighted by Crippen LogP contribution is -2.61. The average Bonchev–Trinajstić information content (AvgIpc) is 3.02. The van der Waals surface area contributed by atoms with Crippen LogP contribution in [0, 0.1) is 13.8 Å². The maximum Gasteiger partial charge on any atom is 0.241 e. The molecule has 2 atom stereocenters. The van der Waals surface area contributed by atoms with E-state index in [0.29, 0.717) is 18.0 Å². The second kappa shape index (κ2) is 8.16. The van der Waals surface area contributed by atoms with E-state index in [9.17, 15) is 13.2 Å². The van der Waals surface area contributed by atoms with Gasteiger partial charge in [-0.2, -0.15) is 0 Å². The standard InChI is InChI=1S/C23H28N2O5S/c1-15-7-16(2)9-18(8-15)25-20-14-31(27,28)13-19(20)24(12-23(25)26)11-17-5-6-21(29-3)22(10-17)30-4/h5-10,19-20H,11-14H2,1-4H3. The molecule has 4 rings (SSSR count). The van der Waals surface area contributed by atoms with E-state index < -0.39 is 15.9 Å². The van der Waals surface area contributed by atoms with Crippen LogP contribution in [0.5, 0.6) is 11.5 Å². The molecule has 1 amide bonds. The molecule has 0 saturated carbocycles. The number of fused-ring (bicyclic) bond motifs is 1. The summed E-state index contributed by atoms with van der Waals surface area (Å²) in [6.07, 6.45) is 0. The summed E-state index contributed by atoms with van der Waals surface area (Å²) in [5.74, 6) is 1.20. The van der Waals surface area contributed by atoms with Gasteiger partial charge in [-0.1, -0.05) is 12.1 Å². The number of aryl methyl sites for hydroxylation is 2. The summed E-state index contributed by atoms with van der Waals surface area (Å²) in [5, 5.41) is 0. The Morgan fingerprint density at radius 1 is 0.935 bits per heavy atom. The van der Waals surface area contributed by atoms with Crippen LogP contribution in [0.15, 0.2) is 36.4 Å². The lowest BCUT2D eigenvalue weighted by molar-refractivity contribution is -0.123. The van der Waals surface area contributed by atoms with Crippen molar-refractivity contribution < 1.29 is 22.7 Å². The predicted octanol–water partition coefficient (Wildman–Crippen LogP) is 2.34. The molecule has 2 aromatic carbocycles. The van der Waals surface area contributed by atoms with Gasteiger partial charge in [-0.15, -0.1) is 0 Å². The average molecular weight is 445 g/mol. The van der Waals surface area contributed by atoms with Crippen LogP contribution in [0.25, 0.3) is 0 Å². The van der Waals surface area contributed by atoms with Crippen molar-refractivity contribution in [1.82, 2.24) is 4.90 Å². The number of benzene rings is 2. The zero-order chi connectivity index (χ0) is 22.3. The number of nitrogens with zero attached hydrogens (tertiary/aromatic N) is 2. The van der Waals surface area contributed by atoms with E-state index in [0.717, 1.165) is 22.4 Å². The fourth-order valence-electron chi connectivity index (χ4n) is 4.77. The minimum atomic E-state index is -3.24. The highest BCUT2D eigenvalue weighted by atomic mass is 32.2. The second-order valence-corrected chi connectivity index (χ2v) is 10.6. The molecule has 8 heteroatoms. The van der Waals surface area contributed by atoms with E-state index in [-0.39, 0.29) is 30.0 Å². The van der Waals surface area contributed by atoms with E-state index in [1.807, 2.05) is 55.1 Å². The summed E-state index contributed by atoms with van der Waals surface area (Å²) in [7, 11) is -0.0859. The monoisotopic (exact) mass is 444 g/mol. The third-order valence-corrected chi connectivity index (χ3v) is 7.72. The Morgan fingerprint density at radius 3 is 2.23 bits per heavy atom. The number of piperazine rings is 1. The number of anilines is 1. The molecule has 166 valence electrons. The fraction of sp³-hybridized carbons (Fsp3) is 0.435. The molecule has 2 aliphatic rings. The molecule has 2 saturated heterocycles. The summed E-state index contributed by atoms with van der Waals surface area (Å²) in [6.45, 7) is 4.59. The zero-order valence-electron chi connectivity index (χ0n) is 18.3. The number of hydrogen-bond donors (Lipinski definition) is 0. The Hall–Kier alpha value is -2.58. The van der Waals surface area contributed by atoms with Gasteiger partial charge in [0.2, 0.25) is 5.91 Å². The molecule has 2 aromatic rings. The normalized spacial score (nSPS) is 23.0. The highest BCUT2D eigenvalue weighted by Gasteiger charge is 2.49. The molecule has 2 fully saturated rings. The summed E-state index contributed by atoms with van der Waals surface area (Å²) in [4.78, 5) is 16.9. The molecule has 0 bridgehead atoms. The lowest BCUT2D eigenvalue weighted by atomic mass is 10.0. The molecule has 0 spiro atoms. The van der Waals surface area contributed by atoms with Crippen molar-refractivity contribution in [2.45, 2.75) is 32.5 Å². The molecule has 0 aromatic heterocycles. The summed E-state index contributed by atoms with van der Waals surface area (Å²) in [5.41, 5.74) is 3.81.